The highest BCUT2D eigenvalue weighted by atomic mass is 16.5. The van der Waals surface area contributed by atoms with Crippen LogP contribution in [0.5, 0.6) is 11.5 Å². The molecule has 1 aliphatic heterocycles. The summed E-state index contributed by atoms with van der Waals surface area (Å²) in [5.41, 5.74) is 1.92. The van der Waals surface area contributed by atoms with Crippen molar-refractivity contribution in [1.82, 2.24) is 14.9 Å². The molecule has 2 N–H and O–H groups in total. The number of aryl methyl sites for hydroxylation is 1. The molecule has 0 amide bonds. The number of pyridine rings is 2. The highest BCUT2D eigenvalue weighted by Gasteiger charge is 2.12. The molecule has 0 spiro atoms. The first-order valence-electron chi connectivity index (χ1n) is 9.50. The average Bonchev–Trinajstić information content (AvgIpc) is 3.18. The number of anilines is 3. The standard InChI is InChI=1S/C20H29N5O2/c1-15-11-16(21-2)12-20(23-15)24-19-13-17(18(26-3)14-22-19)27-10-6-9-25-7-4-5-8-25/h11-14H,4-10H2,1-3H3,(H2,21,22,23,24). The Balaban J connectivity index is 1.62. The van der Waals surface area contributed by atoms with Crippen LogP contribution in [-0.2, 0) is 0 Å². The monoisotopic (exact) mass is 371 g/mol. The van der Waals surface area contributed by atoms with E-state index in [1.807, 2.05) is 32.2 Å². The second-order valence-corrected chi connectivity index (χ2v) is 6.73. The molecule has 146 valence electrons. The molecule has 7 heteroatoms. The minimum atomic E-state index is 0.634. The summed E-state index contributed by atoms with van der Waals surface area (Å²) in [6, 6.07) is 5.79. The lowest BCUT2D eigenvalue weighted by Crippen LogP contribution is -2.21. The number of methoxy groups -OCH3 is 1. The van der Waals surface area contributed by atoms with Crippen molar-refractivity contribution in [2.24, 2.45) is 0 Å². The maximum Gasteiger partial charge on any atom is 0.179 e. The predicted octanol–water partition coefficient (Wildman–Crippen LogP) is 3.44. The topological polar surface area (TPSA) is 71.5 Å². The summed E-state index contributed by atoms with van der Waals surface area (Å²) in [4.78, 5) is 11.4. The van der Waals surface area contributed by atoms with E-state index in [0.29, 0.717) is 23.9 Å². The van der Waals surface area contributed by atoms with Crippen molar-refractivity contribution in [2.75, 3.05) is 51.0 Å². The number of nitrogens with zero attached hydrogens (tertiary/aromatic N) is 3. The molecule has 0 radical (unpaired) electrons. The van der Waals surface area contributed by atoms with Crippen LogP contribution in [0, 0.1) is 6.92 Å². The largest absolute Gasteiger partial charge is 0.491 e. The molecular weight excluding hydrogens is 342 g/mol. The van der Waals surface area contributed by atoms with Crippen LogP contribution in [0.25, 0.3) is 0 Å². The van der Waals surface area contributed by atoms with Crippen molar-refractivity contribution in [2.45, 2.75) is 26.2 Å². The first kappa shape index (κ1) is 19.2. The Bertz CT molecular complexity index is 747. The fraction of sp³-hybridized carbons (Fsp3) is 0.500. The summed E-state index contributed by atoms with van der Waals surface area (Å²) in [7, 11) is 3.51. The van der Waals surface area contributed by atoms with E-state index >= 15 is 0 Å². The van der Waals surface area contributed by atoms with Gasteiger partial charge in [-0.25, -0.2) is 9.97 Å². The molecule has 7 nitrogen and oxygen atoms in total. The Labute approximate surface area is 161 Å². The highest BCUT2D eigenvalue weighted by Crippen LogP contribution is 2.30. The van der Waals surface area contributed by atoms with Crippen molar-refractivity contribution in [3.63, 3.8) is 0 Å². The third-order valence-corrected chi connectivity index (χ3v) is 4.62. The summed E-state index contributed by atoms with van der Waals surface area (Å²) in [5.74, 6) is 2.73. The fourth-order valence-electron chi connectivity index (χ4n) is 3.24. The van der Waals surface area contributed by atoms with Gasteiger partial charge in [-0.05, 0) is 45.3 Å². The van der Waals surface area contributed by atoms with Crippen molar-refractivity contribution >= 4 is 17.3 Å². The van der Waals surface area contributed by atoms with E-state index in [0.717, 1.165) is 30.2 Å². The molecule has 3 heterocycles. The van der Waals surface area contributed by atoms with E-state index < -0.39 is 0 Å². The number of likely N-dealkylation sites (tertiary alicyclic amines) is 1. The van der Waals surface area contributed by atoms with E-state index in [2.05, 4.69) is 25.5 Å². The van der Waals surface area contributed by atoms with E-state index in [9.17, 15) is 0 Å². The van der Waals surface area contributed by atoms with Gasteiger partial charge in [-0.1, -0.05) is 0 Å². The number of nitrogens with one attached hydrogen (secondary N) is 2. The molecule has 0 atom stereocenters. The van der Waals surface area contributed by atoms with Crippen LogP contribution < -0.4 is 20.1 Å². The minimum absolute atomic E-state index is 0.634. The van der Waals surface area contributed by atoms with Crippen molar-refractivity contribution in [3.05, 3.63) is 30.1 Å². The van der Waals surface area contributed by atoms with Gasteiger partial charge in [-0.15, -0.1) is 0 Å². The van der Waals surface area contributed by atoms with Gasteiger partial charge >= 0.3 is 0 Å². The number of aromatic nitrogens is 2. The first-order chi connectivity index (χ1) is 13.2. The van der Waals surface area contributed by atoms with Gasteiger partial charge in [0.1, 0.15) is 11.6 Å². The lowest BCUT2D eigenvalue weighted by Gasteiger charge is -2.16. The molecular formula is C20H29N5O2. The van der Waals surface area contributed by atoms with Crippen LogP contribution in [0.4, 0.5) is 17.3 Å². The van der Waals surface area contributed by atoms with Gasteiger partial charge in [0.25, 0.3) is 0 Å². The van der Waals surface area contributed by atoms with Crippen LogP contribution in [0.15, 0.2) is 24.4 Å². The molecule has 0 bridgehead atoms. The lowest BCUT2D eigenvalue weighted by atomic mass is 10.3. The maximum absolute atomic E-state index is 5.97. The van der Waals surface area contributed by atoms with Gasteiger partial charge in [-0.3, -0.25) is 0 Å². The molecule has 2 aromatic heterocycles. The van der Waals surface area contributed by atoms with E-state index in [1.165, 1.54) is 25.9 Å². The molecule has 2 aromatic rings. The van der Waals surface area contributed by atoms with Gasteiger partial charge < -0.3 is 25.0 Å². The molecule has 0 aliphatic carbocycles. The predicted molar refractivity (Wildman–Crippen MR) is 108 cm³/mol. The van der Waals surface area contributed by atoms with Crippen molar-refractivity contribution < 1.29 is 9.47 Å². The second-order valence-electron chi connectivity index (χ2n) is 6.73. The molecule has 0 saturated carbocycles. The van der Waals surface area contributed by atoms with E-state index in [-0.39, 0.29) is 0 Å². The summed E-state index contributed by atoms with van der Waals surface area (Å²) < 4.78 is 11.4. The Morgan fingerprint density at radius 1 is 1.11 bits per heavy atom. The number of ether oxygens (including phenoxy) is 2. The van der Waals surface area contributed by atoms with Crippen molar-refractivity contribution in [3.8, 4) is 11.5 Å². The number of hydrogen-bond donors (Lipinski definition) is 2. The molecule has 0 unspecified atom stereocenters. The molecule has 3 rings (SSSR count). The smallest absolute Gasteiger partial charge is 0.179 e. The Morgan fingerprint density at radius 2 is 1.93 bits per heavy atom. The molecule has 27 heavy (non-hydrogen) atoms. The second kappa shape index (κ2) is 9.41. The van der Waals surface area contributed by atoms with Crippen molar-refractivity contribution in [1.29, 1.82) is 0 Å². The van der Waals surface area contributed by atoms with Gasteiger partial charge in [0.15, 0.2) is 11.5 Å². The van der Waals surface area contributed by atoms with Crippen LogP contribution in [-0.4, -0.2) is 55.3 Å². The summed E-state index contributed by atoms with van der Waals surface area (Å²) in [5, 5.41) is 6.37. The fourth-order valence-corrected chi connectivity index (χ4v) is 3.24. The molecule has 1 aliphatic rings. The van der Waals surface area contributed by atoms with Crippen LogP contribution in [0.3, 0.4) is 0 Å². The highest BCUT2D eigenvalue weighted by molar-refractivity contribution is 5.61. The zero-order valence-electron chi connectivity index (χ0n) is 16.4. The first-order valence-corrected chi connectivity index (χ1v) is 9.50. The average molecular weight is 371 g/mol. The SMILES string of the molecule is CNc1cc(C)nc(Nc2cc(OCCCN3CCCC3)c(OC)cn2)c1. The minimum Gasteiger partial charge on any atom is -0.491 e. The molecule has 1 saturated heterocycles. The number of rotatable bonds is 9. The maximum atomic E-state index is 5.97. The zero-order valence-corrected chi connectivity index (χ0v) is 16.4. The van der Waals surface area contributed by atoms with Crippen LogP contribution >= 0.6 is 0 Å². The van der Waals surface area contributed by atoms with Crippen LogP contribution in [0.2, 0.25) is 0 Å². The van der Waals surface area contributed by atoms with Gasteiger partial charge in [0.2, 0.25) is 0 Å². The van der Waals surface area contributed by atoms with E-state index in [1.54, 1.807) is 13.3 Å². The summed E-state index contributed by atoms with van der Waals surface area (Å²) >= 11 is 0. The third kappa shape index (κ3) is 5.47. The lowest BCUT2D eigenvalue weighted by molar-refractivity contribution is 0.254. The van der Waals surface area contributed by atoms with Crippen LogP contribution in [0.1, 0.15) is 25.0 Å². The Morgan fingerprint density at radius 3 is 2.67 bits per heavy atom. The summed E-state index contributed by atoms with van der Waals surface area (Å²) in [6.45, 7) is 6.12. The quantitative estimate of drug-likeness (QED) is 0.654. The third-order valence-electron chi connectivity index (χ3n) is 4.62. The zero-order chi connectivity index (χ0) is 19.1. The van der Waals surface area contributed by atoms with Gasteiger partial charge in [0, 0.05) is 37.1 Å². The van der Waals surface area contributed by atoms with Gasteiger partial charge in [0.05, 0.1) is 19.9 Å². The normalized spacial score (nSPS) is 14.2. The Hall–Kier alpha value is -2.54. The van der Waals surface area contributed by atoms with Gasteiger partial charge in [-0.2, -0.15) is 0 Å². The molecule has 0 aromatic carbocycles. The Kier molecular flexibility index (Phi) is 6.70. The molecule has 1 fully saturated rings. The summed E-state index contributed by atoms with van der Waals surface area (Å²) in [6.07, 6.45) is 5.30. The number of hydrogen-bond acceptors (Lipinski definition) is 7. The van der Waals surface area contributed by atoms with E-state index in [4.69, 9.17) is 9.47 Å².